The molecule has 0 aromatic heterocycles. The molecule has 2 rings (SSSR count). The van der Waals surface area contributed by atoms with Gasteiger partial charge in [-0.2, -0.15) is 0 Å². The summed E-state index contributed by atoms with van der Waals surface area (Å²) >= 11 is 5.72. The lowest BCUT2D eigenvalue weighted by molar-refractivity contribution is 0.226. The third-order valence-corrected chi connectivity index (χ3v) is 3.50. The van der Waals surface area contributed by atoms with E-state index in [0.717, 1.165) is 12.0 Å². The molecule has 1 saturated carbocycles. The second-order valence-electron chi connectivity index (χ2n) is 4.04. The number of benzene rings is 1. The van der Waals surface area contributed by atoms with Crippen molar-refractivity contribution in [2.75, 3.05) is 0 Å². The predicted molar refractivity (Wildman–Crippen MR) is 55.9 cm³/mol. The Balaban J connectivity index is 2.22. The van der Waals surface area contributed by atoms with E-state index in [1.165, 1.54) is 6.07 Å². The van der Waals surface area contributed by atoms with E-state index in [0.29, 0.717) is 11.8 Å². The lowest BCUT2D eigenvalue weighted by Crippen LogP contribution is -2.44. The third kappa shape index (κ3) is 1.53. The van der Waals surface area contributed by atoms with Gasteiger partial charge in [-0.25, -0.2) is 4.39 Å². The minimum absolute atomic E-state index is 0.204. The number of hydrogen-bond donors (Lipinski definition) is 1. The van der Waals surface area contributed by atoms with Gasteiger partial charge < -0.3 is 5.73 Å². The highest BCUT2D eigenvalue weighted by atomic mass is 35.5. The van der Waals surface area contributed by atoms with Crippen molar-refractivity contribution in [3.63, 3.8) is 0 Å². The summed E-state index contributed by atoms with van der Waals surface area (Å²) in [5.41, 5.74) is 6.91. The normalized spacial score (nSPS) is 31.3. The zero-order valence-corrected chi connectivity index (χ0v) is 8.76. The summed E-state index contributed by atoms with van der Waals surface area (Å²) in [4.78, 5) is 0. The van der Waals surface area contributed by atoms with Crippen LogP contribution >= 0.6 is 11.6 Å². The Hall–Kier alpha value is -0.600. The van der Waals surface area contributed by atoms with Gasteiger partial charge in [0.15, 0.2) is 0 Å². The number of halogens is 2. The van der Waals surface area contributed by atoms with Crippen LogP contribution in [-0.2, 0) is 0 Å². The zero-order valence-electron chi connectivity index (χ0n) is 8.00. The van der Waals surface area contributed by atoms with E-state index in [1.54, 1.807) is 12.1 Å². The Morgan fingerprint density at radius 2 is 2.21 bits per heavy atom. The quantitative estimate of drug-likeness (QED) is 0.763. The smallest absolute Gasteiger partial charge is 0.141 e. The topological polar surface area (TPSA) is 26.0 Å². The van der Waals surface area contributed by atoms with E-state index in [2.05, 4.69) is 6.92 Å². The fourth-order valence-electron chi connectivity index (χ4n) is 2.01. The molecule has 1 aliphatic rings. The molecule has 1 nitrogen and oxygen atoms in total. The molecule has 0 heterocycles. The van der Waals surface area contributed by atoms with Gasteiger partial charge in [0.05, 0.1) is 5.02 Å². The Morgan fingerprint density at radius 1 is 1.50 bits per heavy atom. The van der Waals surface area contributed by atoms with Crippen molar-refractivity contribution in [3.8, 4) is 0 Å². The van der Waals surface area contributed by atoms with Crippen LogP contribution in [0.3, 0.4) is 0 Å². The molecular weight excluding hydrogens is 201 g/mol. The van der Waals surface area contributed by atoms with Crippen LogP contribution in [0, 0.1) is 11.7 Å². The van der Waals surface area contributed by atoms with Gasteiger partial charge in [-0.1, -0.05) is 24.6 Å². The maximum Gasteiger partial charge on any atom is 0.141 e. The van der Waals surface area contributed by atoms with Crippen LogP contribution < -0.4 is 5.73 Å². The molecule has 3 unspecified atom stereocenters. The van der Waals surface area contributed by atoms with Crippen molar-refractivity contribution in [1.82, 2.24) is 0 Å². The highest BCUT2D eigenvalue weighted by Gasteiger charge is 2.35. The van der Waals surface area contributed by atoms with E-state index >= 15 is 0 Å². The molecule has 3 heteroatoms. The molecule has 0 saturated heterocycles. The van der Waals surface area contributed by atoms with Crippen molar-refractivity contribution in [2.45, 2.75) is 25.3 Å². The Labute approximate surface area is 88.1 Å². The van der Waals surface area contributed by atoms with Crippen LogP contribution in [0.4, 0.5) is 4.39 Å². The molecule has 1 fully saturated rings. The number of nitrogens with two attached hydrogens (primary N) is 1. The van der Waals surface area contributed by atoms with Crippen molar-refractivity contribution >= 4 is 11.6 Å². The van der Waals surface area contributed by atoms with Gasteiger partial charge in [0, 0.05) is 6.04 Å². The molecule has 3 atom stereocenters. The molecule has 1 aromatic rings. The standard InChI is InChI=1S/C11H13ClFN/c1-6-8(5-11(6)14)7-2-3-10(13)9(12)4-7/h2-4,6,8,11H,5,14H2,1H3. The summed E-state index contributed by atoms with van der Waals surface area (Å²) in [6.45, 7) is 2.12. The third-order valence-electron chi connectivity index (χ3n) is 3.21. The molecule has 0 spiro atoms. The predicted octanol–water partition coefficient (Wildman–Crippen LogP) is 2.93. The molecule has 0 bridgehead atoms. The molecule has 2 N–H and O–H groups in total. The van der Waals surface area contributed by atoms with Gasteiger partial charge in [0.1, 0.15) is 5.82 Å². The molecule has 76 valence electrons. The molecular formula is C11H13ClFN. The average molecular weight is 214 g/mol. The van der Waals surface area contributed by atoms with E-state index < -0.39 is 0 Å². The largest absolute Gasteiger partial charge is 0.327 e. The Bertz CT molecular complexity index is 353. The summed E-state index contributed by atoms with van der Waals surface area (Å²) < 4.78 is 12.9. The second kappa shape index (κ2) is 3.52. The summed E-state index contributed by atoms with van der Waals surface area (Å²) in [6, 6.07) is 5.22. The minimum atomic E-state index is -0.355. The van der Waals surface area contributed by atoms with Crippen LogP contribution in [0.5, 0.6) is 0 Å². The van der Waals surface area contributed by atoms with E-state index in [9.17, 15) is 4.39 Å². The van der Waals surface area contributed by atoms with Crippen LogP contribution in [0.2, 0.25) is 5.02 Å². The van der Waals surface area contributed by atoms with Crippen LogP contribution in [0.15, 0.2) is 18.2 Å². The van der Waals surface area contributed by atoms with Crippen molar-refractivity contribution in [2.24, 2.45) is 11.7 Å². The first kappa shape index (κ1) is 9.94. The van der Waals surface area contributed by atoms with Gasteiger partial charge in [0.25, 0.3) is 0 Å². The monoisotopic (exact) mass is 213 g/mol. The van der Waals surface area contributed by atoms with Gasteiger partial charge >= 0.3 is 0 Å². The fourth-order valence-corrected chi connectivity index (χ4v) is 2.20. The summed E-state index contributed by atoms with van der Waals surface area (Å²) in [6.07, 6.45) is 0.975. The second-order valence-corrected chi connectivity index (χ2v) is 4.45. The number of hydrogen-bond acceptors (Lipinski definition) is 1. The van der Waals surface area contributed by atoms with E-state index in [1.807, 2.05) is 0 Å². The average Bonchev–Trinajstić information content (AvgIpc) is 2.18. The molecule has 14 heavy (non-hydrogen) atoms. The van der Waals surface area contributed by atoms with Gasteiger partial charge in [0.2, 0.25) is 0 Å². The maximum absolute atomic E-state index is 12.9. The highest BCUT2D eigenvalue weighted by Crippen LogP contribution is 2.41. The van der Waals surface area contributed by atoms with E-state index in [4.69, 9.17) is 17.3 Å². The SMILES string of the molecule is CC1C(N)CC1c1ccc(F)c(Cl)c1. The van der Waals surface area contributed by atoms with Crippen LogP contribution in [0.25, 0.3) is 0 Å². The Morgan fingerprint density at radius 3 is 2.71 bits per heavy atom. The molecule has 0 aliphatic heterocycles. The lowest BCUT2D eigenvalue weighted by atomic mass is 9.67. The Kier molecular flexibility index (Phi) is 2.50. The van der Waals surface area contributed by atoms with Crippen LogP contribution in [-0.4, -0.2) is 6.04 Å². The molecule has 0 amide bonds. The highest BCUT2D eigenvalue weighted by molar-refractivity contribution is 6.30. The summed E-state index contributed by atoms with van der Waals surface area (Å²) in [5.74, 6) is 0.561. The first-order valence-electron chi connectivity index (χ1n) is 4.80. The van der Waals surface area contributed by atoms with Crippen molar-refractivity contribution < 1.29 is 4.39 Å². The fraction of sp³-hybridized carbons (Fsp3) is 0.455. The van der Waals surface area contributed by atoms with Crippen LogP contribution in [0.1, 0.15) is 24.8 Å². The van der Waals surface area contributed by atoms with Crippen molar-refractivity contribution in [3.05, 3.63) is 34.6 Å². The number of rotatable bonds is 1. The first-order valence-corrected chi connectivity index (χ1v) is 5.18. The molecule has 0 radical (unpaired) electrons. The van der Waals surface area contributed by atoms with Gasteiger partial charge in [-0.3, -0.25) is 0 Å². The first-order chi connectivity index (χ1) is 6.59. The lowest BCUT2D eigenvalue weighted by Gasteiger charge is -2.40. The minimum Gasteiger partial charge on any atom is -0.327 e. The molecule has 1 aromatic carbocycles. The molecule has 1 aliphatic carbocycles. The van der Waals surface area contributed by atoms with Gasteiger partial charge in [-0.15, -0.1) is 0 Å². The van der Waals surface area contributed by atoms with Crippen molar-refractivity contribution in [1.29, 1.82) is 0 Å². The zero-order chi connectivity index (χ0) is 10.3. The maximum atomic E-state index is 12.9. The van der Waals surface area contributed by atoms with Gasteiger partial charge in [-0.05, 0) is 36.0 Å². The summed E-state index contributed by atoms with van der Waals surface area (Å²) in [5, 5.41) is 0.204. The van der Waals surface area contributed by atoms with E-state index in [-0.39, 0.29) is 16.9 Å². The summed E-state index contributed by atoms with van der Waals surface area (Å²) in [7, 11) is 0.